The Bertz CT molecular complexity index is 684. The standard InChI is InChI=1S/C7H7F3N2.C7H3F3N2/c2*8-7(9,10)5-1-2-6(3-11)12-4-5/h1-2,4H,3,11H2;1-2,4H. The molecule has 128 valence electrons. The van der Waals surface area contributed by atoms with Crippen molar-refractivity contribution < 1.29 is 26.3 Å². The summed E-state index contributed by atoms with van der Waals surface area (Å²) < 4.78 is 71.6. The molecule has 0 aliphatic heterocycles. The zero-order valence-corrected chi connectivity index (χ0v) is 11.9. The predicted octanol–water partition coefficient (Wildman–Crippen LogP) is 3.53. The fourth-order valence-electron chi connectivity index (χ4n) is 1.34. The van der Waals surface area contributed by atoms with Gasteiger partial charge in [-0.15, -0.1) is 0 Å². The van der Waals surface area contributed by atoms with E-state index in [0.29, 0.717) is 11.9 Å². The maximum absolute atomic E-state index is 12.0. The summed E-state index contributed by atoms with van der Waals surface area (Å²) >= 11 is 0. The van der Waals surface area contributed by atoms with E-state index in [1.165, 1.54) is 6.07 Å². The molecule has 2 aromatic rings. The van der Waals surface area contributed by atoms with Crippen molar-refractivity contribution >= 4 is 0 Å². The Hall–Kier alpha value is -2.67. The van der Waals surface area contributed by atoms with E-state index in [-0.39, 0.29) is 12.2 Å². The van der Waals surface area contributed by atoms with Crippen molar-refractivity contribution in [3.8, 4) is 6.07 Å². The van der Waals surface area contributed by atoms with Crippen LogP contribution in [0.4, 0.5) is 26.3 Å². The zero-order chi connectivity index (χ0) is 18.4. The Morgan fingerprint density at radius 2 is 1.38 bits per heavy atom. The van der Waals surface area contributed by atoms with Crippen LogP contribution in [0.3, 0.4) is 0 Å². The van der Waals surface area contributed by atoms with Crippen molar-refractivity contribution in [1.29, 1.82) is 5.26 Å². The lowest BCUT2D eigenvalue weighted by Crippen LogP contribution is -2.07. The average Bonchev–Trinajstić information content (AvgIpc) is 2.54. The fourth-order valence-corrected chi connectivity index (χ4v) is 1.34. The summed E-state index contributed by atoms with van der Waals surface area (Å²) in [5.41, 5.74) is 3.99. The van der Waals surface area contributed by atoms with Crippen molar-refractivity contribution in [3.05, 3.63) is 59.2 Å². The van der Waals surface area contributed by atoms with E-state index in [2.05, 4.69) is 9.97 Å². The first-order valence-electron chi connectivity index (χ1n) is 6.23. The van der Waals surface area contributed by atoms with Gasteiger partial charge in [-0.1, -0.05) is 0 Å². The van der Waals surface area contributed by atoms with Gasteiger partial charge in [-0.25, -0.2) is 4.98 Å². The van der Waals surface area contributed by atoms with Crippen LogP contribution in [0.15, 0.2) is 36.7 Å². The Balaban J connectivity index is 0.000000240. The summed E-state index contributed by atoms with van der Waals surface area (Å²) in [6.45, 7) is 0.151. The highest BCUT2D eigenvalue weighted by atomic mass is 19.4. The predicted molar refractivity (Wildman–Crippen MR) is 71.1 cm³/mol. The molecule has 4 nitrogen and oxygen atoms in total. The van der Waals surface area contributed by atoms with Crippen LogP contribution in [0.25, 0.3) is 0 Å². The first kappa shape index (κ1) is 19.4. The van der Waals surface area contributed by atoms with Gasteiger partial charge in [0, 0.05) is 18.9 Å². The number of halogens is 6. The Morgan fingerprint density at radius 1 is 0.875 bits per heavy atom. The lowest BCUT2D eigenvalue weighted by atomic mass is 10.2. The number of hydrogen-bond donors (Lipinski definition) is 1. The second-order valence-electron chi connectivity index (χ2n) is 4.28. The third-order valence-corrected chi connectivity index (χ3v) is 2.57. The average molecular weight is 348 g/mol. The van der Waals surface area contributed by atoms with E-state index >= 15 is 0 Å². The van der Waals surface area contributed by atoms with Crippen molar-refractivity contribution in [2.45, 2.75) is 18.9 Å². The molecule has 0 amide bonds. The maximum atomic E-state index is 12.0. The summed E-state index contributed by atoms with van der Waals surface area (Å²) in [5, 5.41) is 8.24. The van der Waals surface area contributed by atoms with Gasteiger partial charge in [-0.2, -0.15) is 31.6 Å². The van der Waals surface area contributed by atoms with Crippen LogP contribution in [-0.4, -0.2) is 9.97 Å². The highest BCUT2D eigenvalue weighted by Gasteiger charge is 2.31. The molecular weight excluding hydrogens is 338 g/mol. The molecule has 0 aliphatic carbocycles. The van der Waals surface area contributed by atoms with E-state index in [1.54, 1.807) is 6.07 Å². The van der Waals surface area contributed by atoms with Crippen LogP contribution < -0.4 is 5.73 Å². The Kier molecular flexibility index (Phi) is 6.25. The van der Waals surface area contributed by atoms with Crippen molar-refractivity contribution in [3.63, 3.8) is 0 Å². The molecule has 0 radical (unpaired) electrons. The third-order valence-electron chi connectivity index (χ3n) is 2.57. The van der Waals surface area contributed by atoms with E-state index < -0.39 is 23.5 Å². The van der Waals surface area contributed by atoms with Gasteiger partial charge >= 0.3 is 12.4 Å². The van der Waals surface area contributed by atoms with Gasteiger partial charge in [-0.3, -0.25) is 4.98 Å². The van der Waals surface area contributed by atoms with E-state index in [9.17, 15) is 26.3 Å². The normalized spacial score (nSPS) is 11.2. The maximum Gasteiger partial charge on any atom is 0.417 e. The molecular formula is C14H10F6N4. The SMILES string of the molecule is N#Cc1ccc(C(F)(F)F)cn1.NCc1ccc(C(F)(F)F)cn1. The monoisotopic (exact) mass is 348 g/mol. The fraction of sp³-hybridized carbons (Fsp3) is 0.214. The molecule has 0 bridgehead atoms. The minimum absolute atomic E-state index is 0.0250. The summed E-state index contributed by atoms with van der Waals surface area (Å²) in [7, 11) is 0. The molecule has 0 aromatic carbocycles. The topological polar surface area (TPSA) is 75.6 Å². The van der Waals surface area contributed by atoms with Crippen molar-refractivity contribution in [1.82, 2.24) is 9.97 Å². The van der Waals surface area contributed by atoms with E-state index in [0.717, 1.165) is 24.4 Å². The van der Waals surface area contributed by atoms with Crippen molar-refractivity contribution in [2.75, 3.05) is 0 Å². The Morgan fingerprint density at radius 3 is 1.67 bits per heavy atom. The number of aromatic nitrogens is 2. The lowest BCUT2D eigenvalue weighted by molar-refractivity contribution is -0.138. The number of nitrogens with two attached hydrogens (primary N) is 1. The lowest BCUT2D eigenvalue weighted by Gasteiger charge is -2.05. The van der Waals surface area contributed by atoms with Crippen LogP contribution >= 0.6 is 0 Å². The summed E-state index contributed by atoms with van der Waals surface area (Å²) in [6.07, 6.45) is -7.29. The van der Waals surface area contributed by atoms with Crippen LogP contribution in [0.5, 0.6) is 0 Å². The van der Waals surface area contributed by atoms with Crippen LogP contribution in [0.2, 0.25) is 0 Å². The van der Waals surface area contributed by atoms with Gasteiger partial charge in [0.05, 0.1) is 16.8 Å². The minimum Gasteiger partial charge on any atom is -0.325 e. The highest BCUT2D eigenvalue weighted by molar-refractivity contribution is 5.24. The molecule has 2 N–H and O–H groups in total. The first-order valence-corrected chi connectivity index (χ1v) is 6.23. The molecule has 0 saturated heterocycles. The zero-order valence-electron chi connectivity index (χ0n) is 11.9. The van der Waals surface area contributed by atoms with Gasteiger partial charge in [0.1, 0.15) is 11.8 Å². The molecule has 2 rings (SSSR count). The number of nitriles is 1. The highest BCUT2D eigenvalue weighted by Crippen LogP contribution is 2.28. The largest absolute Gasteiger partial charge is 0.417 e. The van der Waals surface area contributed by atoms with Gasteiger partial charge in [0.25, 0.3) is 0 Å². The second-order valence-corrected chi connectivity index (χ2v) is 4.28. The summed E-state index contributed by atoms with van der Waals surface area (Å²) in [4.78, 5) is 6.80. The van der Waals surface area contributed by atoms with Crippen LogP contribution in [-0.2, 0) is 18.9 Å². The minimum atomic E-state index is -4.39. The number of alkyl halides is 6. The van der Waals surface area contributed by atoms with E-state index in [4.69, 9.17) is 11.0 Å². The van der Waals surface area contributed by atoms with Gasteiger partial charge in [0.2, 0.25) is 0 Å². The van der Waals surface area contributed by atoms with Crippen molar-refractivity contribution in [2.24, 2.45) is 5.73 Å². The second kappa shape index (κ2) is 7.74. The molecule has 24 heavy (non-hydrogen) atoms. The number of nitrogens with zero attached hydrogens (tertiary/aromatic N) is 3. The van der Waals surface area contributed by atoms with Gasteiger partial charge in [-0.05, 0) is 24.3 Å². The molecule has 0 spiro atoms. The molecule has 0 atom stereocenters. The molecule has 0 unspecified atom stereocenters. The molecule has 0 fully saturated rings. The summed E-state index contributed by atoms with van der Waals surface area (Å²) in [6, 6.07) is 5.72. The molecule has 10 heteroatoms. The quantitative estimate of drug-likeness (QED) is 0.800. The molecule has 2 heterocycles. The number of hydrogen-bond acceptors (Lipinski definition) is 4. The summed E-state index contributed by atoms with van der Waals surface area (Å²) in [5.74, 6) is 0. The molecule has 0 aliphatic rings. The number of pyridine rings is 2. The molecule has 2 aromatic heterocycles. The van der Waals surface area contributed by atoms with Gasteiger partial charge in [0.15, 0.2) is 0 Å². The van der Waals surface area contributed by atoms with Crippen LogP contribution in [0, 0.1) is 11.3 Å². The molecule has 0 saturated carbocycles. The first-order chi connectivity index (χ1) is 11.1. The Labute approximate surface area is 132 Å². The smallest absolute Gasteiger partial charge is 0.325 e. The number of rotatable bonds is 1. The van der Waals surface area contributed by atoms with E-state index in [1.807, 2.05) is 0 Å². The third kappa shape index (κ3) is 5.85. The van der Waals surface area contributed by atoms with Crippen LogP contribution in [0.1, 0.15) is 22.5 Å². The van der Waals surface area contributed by atoms with Gasteiger partial charge < -0.3 is 5.73 Å².